The van der Waals surface area contributed by atoms with Crippen LogP contribution in [0.5, 0.6) is 5.75 Å². The number of anilines is 3. The number of ether oxygens (including phenoxy) is 1. The van der Waals surface area contributed by atoms with Crippen molar-refractivity contribution in [1.29, 1.82) is 0 Å². The van der Waals surface area contributed by atoms with E-state index < -0.39 is 11.9 Å². The van der Waals surface area contributed by atoms with Gasteiger partial charge in [-0.05, 0) is 81.6 Å². The minimum atomic E-state index is -0.693. The van der Waals surface area contributed by atoms with Gasteiger partial charge in [0.25, 0.3) is 0 Å². The van der Waals surface area contributed by atoms with E-state index in [0.29, 0.717) is 22.7 Å². The molecule has 1 aromatic carbocycles. The van der Waals surface area contributed by atoms with Crippen molar-refractivity contribution in [2.24, 2.45) is 0 Å². The summed E-state index contributed by atoms with van der Waals surface area (Å²) in [5, 5.41) is 23.3. The Balaban J connectivity index is 0.000000229. The van der Waals surface area contributed by atoms with Crippen LogP contribution in [0.4, 0.5) is 21.8 Å². The molecule has 11 nitrogen and oxygen atoms in total. The number of aliphatic hydroxyl groups is 1. The number of nitrogen functional groups attached to an aromatic ring is 1. The van der Waals surface area contributed by atoms with Gasteiger partial charge in [-0.25, -0.2) is 9.37 Å². The lowest BCUT2D eigenvalue weighted by Crippen LogP contribution is -2.49. The maximum atomic E-state index is 13.2. The largest absolute Gasteiger partial charge is 0.489 e. The lowest BCUT2D eigenvalue weighted by atomic mass is 9.87. The molecular formula is C24H34FN9O2. The van der Waals surface area contributed by atoms with Gasteiger partial charge in [0.05, 0.1) is 12.3 Å². The van der Waals surface area contributed by atoms with Crippen LogP contribution in [0.15, 0.2) is 30.7 Å². The predicted octanol–water partition coefficient (Wildman–Crippen LogP) is 3.09. The molecular weight excluding hydrogens is 465 g/mol. The standard InChI is InChI=1S/C14H15FN8O2.C10H19N/c1-8(24)6-25-12-3-2-9(4-11(12)23-7-18-21-22-23)19-14-17-5-10(15)13(16)20-14;1-10(2)7-3-5-9-6-4-8-11(9)10/h2-5,7-8,24H,6H2,1H3,(H3,16,17,19,20);9H,3-8H2,1-2H3/t;9-/m.1/s1. The Kier molecular flexibility index (Phi) is 7.94. The highest BCUT2D eigenvalue weighted by atomic mass is 19.1. The first-order chi connectivity index (χ1) is 17.2. The van der Waals surface area contributed by atoms with Crippen LogP contribution >= 0.6 is 0 Å². The second-order valence-electron chi connectivity index (χ2n) is 9.84. The number of hydrogen-bond acceptors (Lipinski definition) is 10. The highest BCUT2D eigenvalue weighted by Crippen LogP contribution is 2.37. The van der Waals surface area contributed by atoms with E-state index in [1.807, 2.05) is 0 Å². The molecule has 0 amide bonds. The molecule has 5 rings (SSSR count). The number of halogens is 1. The fourth-order valence-corrected chi connectivity index (χ4v) is 4.79. The van der Waals surface area contributed by atoms with Crippen LogP contribution in [-0.2, 0) is 0 Å². The number of rotatable bonds is 6. The number of nitrogens with zero attached hydrogens (tertiary/aromatic N) is 7. The molecule has 36 heavy (non-hydrogen) atoms. The predicted molar refractivity (Wildman–Crippen MR) is 134 cm³/mol. The van der Waals surface area contributed by atoms with Gasteiger partial charge in [0.1, 0.15) is 24.4 Å². The van der Waals surface area contributed by atoms with Crippen molar-refractivity contribution < 1.29 is 14.2 Å². The second-order valence-corrected chi connectivity index (χ2v) is 9.84. The molecule has 2 aliphatic heterocycles. The van der Waals surface area contributed by atoms with Gasteiger partial charge in [-0.3, -0.25) is 4.90 Å². The molecule has 0 aliphatic carbocycles. The molecule has 2 fully saturated rings. The number of nitrogens with one attached hydrogen (secondary N) is 1. The number of aliphatic hydroxyl groups excluding tert-OH is 1. The molecule has 3 aromatic rings. The minimum absolute atomic E-state index is 0.111. The molecule has 12 heteroatoms. The summed E-state index contributed by atoms with van der Waals surface area (Å²) in [6, 6.07) is 6.01. The highest BCUT2D eigenvalue weighted by Gasteiger charge is 2.38. The zero-order valence-corrected chi connectivity index (χ0v) is 20.9. The third kappa shape index (κ3) is 6.24. The third-order valence-corrected chi connectivity index (χ3v) is 6.54. The van der Waals surface area contributed by atoms with Crippen molar-refractivity contribution in [3.8, 4) is 11.4 Å². The van der Waals surface area contributed by atoms with Gasteiger partial charge in [0.2, 0.25) is 5.95 Å². The Morgan fingerprint density at radius 1 is 1.31 bits per heavy atom. The Bertz CT molecular complexity index is 1140. The highest BCUT2D eigenvalue weighted by molar-refractivity contribution is 5.62. The van der Waals surface area contributed by atoms with Gasteiger partial charge in [-0.2, -0.15) is 9.67 Å². The topological polar surface area (TPSA) is 140 Å². The van der Waals surface area contributed by atoms with Gasteiger partial charge in [0.15, 0.2) is 11.6 Å². The number of aromatic nitrogens is 6. The fraction of sp³-hybridized carbons (Fsp3) is 0.542. The van der Waals surface area contributed by atoms with E-state index in [1.54, 1.807) is 25.1 Å². The summed E-state index contributed by atoms with van der Waals surface area (Å²) in [5.74, 6) is -0.339. The fourth-order valence-electron chi connectivity index (χ4n) is 4.79. The van der Waals surface area contributed by atoms with Crippen LogP contribution in [0, 0.1) is 5.82 Å². The van der Waals surface area contributed by atoms with Gasteiger partial charge < -0.3 is 20.9 Å². The van der Waals surface area contributed by atoms with Crippen molar-refractivity contribution in [3.05, 3.63) is 36.5 Å². The molecule has 0 radical (unpaired) electrons. The van der Waals surface area contributed by atoms with Crippen molar-refractivity contribution >= 4 is 17.5 Å². The summed E-state index contributed by atoms with van der Waals surface area (Å²) in [4.78, 5) is 10.4. The van der Waals surface area contributed by atoms with Gasteiger partial charge in [-0.15, -0.1) is 5.10 Å². The summed E-state index contributed by atoms with van der Waals surface area (Å²) in [6.45, 7) is 7.90. The normalized spacial score (nSPS) is 19.6. The van der Waals surface area contributed by atoms with Crippen LogP contribution in [0.25, 0.3) is 5.69 Å². The summed E-state index contributed by atoms with van der Waals surface area (Å²) < 4.78 is 20.1. The lowest BCUT2D eigenvalue weighted by molar-refractivity contribution is 0.0567. The van der Waals surface area contributed by atoms with Crippen LogP contribution in [0.2, 0.25) is 0 Å². The summed E-state index contributed by atoms with van der Waals surface area (Å²) in [7, 11) is 0. The number of tetrazole rings is 1. The lowest BCUT2D eigenvalue weighted by Gasteiger charge is -2.44. The van der Waals surface area contributed by atoms with Crippen LogP contribution < -0.4 is 15.8 Å². The van der Waals surface area contributed by atoms with Crippen molar-refractivity contribution in [3.63, 3.8) is 0 Å². The third-order valence-electron chi connectivity index (χ3n) is 6.54. The quantitative estimate of drug-likeness (QED) is 0.463. The van der Waals surface area contributed by atoms with Crippen molar-refractivity contribution in [2.45, 2.75) is 70.6 Å². The molecule has 0 spiro atoms. The Labute approximate surface area is 209 Å². The van der Waals surface area contributed by atoms with Gasteiger partial charge in [0, 0.05) is 17.3 Å². The Morgan fingerprint density at radius 2 is 2.11 bits per heavy atom. The van der Waals surface area contributed by atoms with E-state index >= 15 is 0 Å². The molecule has 2 aliphatic rings. The Hall–Kier alpha value is -3.38. The van der Waals surface area contributed by atoms with Crippen LogP contribution in [0.3, 0.4) is 0 Å². The smallest absolute Gasteiger partial charge is 0.229 e. The van der Waals surface area contributed by atoms with Crippen LogP contribution in [-0.4, -0.2) is 71.0 Å². The van der Waals surface area contributed by atoms with E-state index in [-0.39, 0.29) is 18.4 Å². The first kappa shape index (κ1) is 25.7. The zero-order chi connectivity index (χ0) is 25.7. The average molecular weight is 500 g/mol. The monoisotopic (exact) mass is 499 g/mol. The first-order valence-corrected chi connectivity index (χ1v) is 12.2. The molecule has 2 atom stereocenters. The van der Waals surface area contributed by atoms with E-state index in [2.05, 4.69) is 49.6 Å². The molecule has 2 aromatic heterocycles. The van der Waals surface area contributed by atoms with E-state index in [1.165, 1.54) is 49.7 Å². The van der Waals surface area contributed by atoms with E-state index in [4.69, 9.17) is 10.5 Å². The summed E-state index contributed by atoms with van der Waals surface area (Å²) >= 11 is 0. The molecule has 0 bridgehead atoms. The zero-order valence-electron chi connectivity index (χ0n) is 20.9. The number of fused-ring (bicyclic) bond motifs is 1. The van der Waals surface area contributed by atoms with E-state index in [0.717, 1.165) is 12.2 Å². The van der Waals surface area contributed by atoms with Crippen LogP contribution in [0.1, 0.15) is 52.9 Å². The molecule has 4 heterocycles. The van der Waals surface area contributed by atoms with E-state index in [9.17, 15) is 9.50 Å². The maximum absolute atomic E-state index is 13.2. The minimum Gasteiger partial charge on any atom is -0.489 e. The average Bonchev–Trinajstić information content (AvgIpc) is 3.54. The molecule has 4 N–H and O–H groups in total. The SMILES string of the molecule is CC(O)COc1ccc(Nc2ncc(F)c(N)n2)cc1-n1cnnn1.CC1(C)CCC[C@@H]2CCCN21. The second kappa shape index (κ2) is 11.1. The number of nitrogens with two attached hydrogens (primary N) is 1. The van der Waals surface area contributed by atoms with Gasteiger partial charge in [-0.1, -0.05) is 6.42 Å². The summed E-state index contributed by atoms with van der Waals surface area (Å²) in [5.41, 5.74) is 7.06. The Morgan fingerprint density at radius 3 is 2.81 bits per heavy atom. The molecule has 2 saturated heterocycles. The molecule has 194 valence electrons. The number of hydrogen-bond donors (Lipinski definition) is 3. The molecule has 1 unspecified atom stereocenters. The van der Waals surface area contributed by atoms with Gasteiger partial charge >= 0.3 is 0 Å². The number of benzene rings is 1. The van der Waals surface area contributed by atoms with Crippen molar-refractivity contribution in [1.82, 2.24) is 35.1 Å². The first-order valence-electron chi connectivity index (χ1n) is 12.2. The molecule has 0 saturated carbocycles. The maximum Gasteiger partial charge on any atom is 0.229 e. The summed E-state index contributed by atoms with van der Waals surface area (Å²) in [6.07, 6.45) is 8.97. The van der Waals surface area contributed by atoms with Crippen molar-refractivity contribution in [2.75, 3.05) is 24.2 Å². The number of piperidine rings is 1.